The van der Waals surface area contributed by atoms with Crippen LogP contribution in [0.4, 0.5) is 8.78 Å². The van der Waals surface area contributed by atoms with Gasteiger partial charge in [0.15, 0.2) is 11.0 Å². The second-order valence-corrected chi connectivity index (χ2v) is 9.74. The summed E-state index contributed by atoms with van der Waals surface area (Å²) in [4.78, 5) is 17.0. The van der Waals surface area contributed by atoms with Gasteiger partial charge >= 0.3 is 6.61 Å². The standard InChI is InChI=1S/C23H31F2N5O2S/c1-17-9-13-29(14-10-17)21(31)16-33-23-27-26-20(15-28-11-3-2-4-12-28)30(23)18-5-7-19(8-6-18)32-22(24)25/h5-8,17,22H,2-4,9-16H2,1H3. The van der Waals surface area contributed by atoms with Gasteiger partial charge in [0.05, 0.1) is 12.3 Å². The molecule has 33 heavy (non-hydrogen) atoms. The fraction of sp³-hybridized carbons (Fsp3) is 0.609. The van der Waals surface area contributed by atoms with Crippen LogP contribution < -0.4 is 4.74 Å². The predicted molar refractivity (Wildman–Crippen MR) is 123 cm³/mol. The van der Waals surface area contributed by atoms with Crippen LogP contribution in [-0.4, -0.2) is 69.0 Å². The molecule has 2 fully saturated rings. The van der Waals surface area contributed by atoms with Gasteiger partial charge in [0.2, 0.25) is 5.91 Å². The molecule has 2 aliphatic heterocycles. The molecule has 1 amide bonds. The van der Waals surface area contributed by atoms with Crippen molar-refractivity contribution >= 4 is 17.7 Å². The molecule has 3 heterocycles. The van der Waals surface area contributed by atoms with Crippen molar-refractivity contribution < 1.29 is 18.3 Å². The second kappa shape index (κ2) is 11.3. The number of carbonyl (C=O) groups excluding carboxylic acids is 1. The van der Waals surface area contributed by atoms with Gasteiger partial charge < -0.3 is 9.64 Å². The summed E-state index contributed by atoms with van der Waals surface area (Å²) < 4.78 is 31.5. The summed E-state index contributed by atoms with van der Waals surface area (Å²) in [5.74, 6) is 1.95. The number of halogens is 2. The zero-order valence-corrected chi connectivity index (χ0v) is 19.8. The average Bonchev–Trinajstić information content (AvgIpc) is 3.21. The van der Waals surface area contributed by atoms with Crippen molar-refractivity contribution in [2.45, 2.75) is 57.3 Å². The Hall–Kier alpha value is -2.20. The van der Waals surface area contributed by atoms with Gasteiger partial charge in [-0.3, -0.25) is 14.3 Å². The summed E-state index contributed by atoms with van der Waals surface area (Å²) in [6, 6.07) is 6.47. The monoisotopic (exact) mass is 479 g/mol. The number of likely N-dealkylation sites (tertiary alicyclic amines) is 2. The van der Waals surface area contributed by atoms with Crippen molar-refractivity contribution in [1.29, 1.82) is 0 Å². The van der Waals surface area contributed by atoms with Crippen LogP contribution in [0.1, 0.15) is 44.9 Å². The summed E-state index contributed by atoms with van der Waals surface area (Å²) in [5, 5.41) is 9.45. The lowest BCUT2D eigenvalue weighted by atomic mass is 9.99. The van der Waals surface area contributed by atoms with E-state index >= 15 is 0 Å². The first-order valence-electron chi connectivity index (χ1n) is 11.6. The predicted octanol–water partition coefficient (Wildman–Crippen LogP) is 4.21. The van der Waals surface area contributed by atoms with Crippen LogP contribution in [0.15, 0.2) is 29.4 Å². The maximum Gasteiger partial charge on any atom is 0.387 e. The van der Waals surface area contributed by atoms with Crippen molar-refractivity contribution in [2.75, 3.05) is 31.9 Å². The number of benzene rings is 1. The van der Waals surface area contributed by atoms with Gasteiger partial charge in [0.1, 0.15) is 5.75 Å². The van der Waals surface area contributed by atoms with E-state index in [1.807, 2.05) is 9.47 Å². The van der Waals surface area contributed by atoms with Crippen molar-refractivity contribution in [3.05, 3.63) is 30.1 Å². The Kier molecular flexibility index (Phi) is 8.19. The molecule has 0 N–H and O–H groups in total. The zero-order valence-electron chi connectivity index (χ0n) is 19.0. The van der Waals surface area contributed by atoms with Gasteiger partial charge in [-0.25, -0.2) is 0 Å². The second-order valence-electron chi connectivity index (χ2n) is 8.80. The third kappa shape index (κ3) is 6.44. The lowest BCUT2D eigenvalue weighted by Gasteiger charge is -2.30. The van der Waals surface area contributed by atoms with E-state index in [4.69, 9.17) is 0 Å². The molecule has 0 aliphatic carbocycles. The first-order chi connectivity index (χ1) is 16.0. The lowest BCUT2D eigenvalue weighted by molar-refractivity contribution is -0.129. The molecule has 0 saturated carbocycles. The summed E-state index contributed by atoms with van der Waals surface area (Å²) in [6.07, 6.45) is 5.66. The lowest BCUT2D eigenvalue weighted by Crippen LogP contribution is -2.38. The van der Waals surface area contributed by atoms with Crippen molar-refractivity contribution in [3.63, 3.8) is 0 Å². The van der Waals surface area contributed by atoms with E-state index in [1.165, 1.54) is 43.2 Å². The number of piperidine rings is 2. The molecule has 1 aromatic carbocycles. The van der Waals surface area contributed by atoms with E-state index in [2.05, 4.69) is 26.8 Å². The minimum absolute atomic E-state index is 0.100. The molecule has 0 spiro atoms. The van der Waals surface area contributed by atoms with Crippen LogP contribution in [0.3, 0.4) is 0 Å². The topological polar surface area (TPSA) is 63.5 Å². The van der Waals surface area contributed by atoms with Crippen LogP contribution in [-0.2, 0) is 11.3 Å². The smallest absolute Gasteiger partial charge is 0.387 e. The van der Waals surface area contributed by atoms with Gasteiger partial charge in [-0.2, -0.15) is 8.78 Å². The minimum Gasteiger partial charge on any atom is -0.435 e. The summed E-state index contributed by atoms with van der Waals surface area (Å²) in [6.45, 7) is 3.65. The van der Waals surface area contributed by atoms with E-state index in [0.717, 1.165) is 50.5 Å². The number of amides is 1. The fourth-order valence-electron chi connectivity index (χ4n) is 4.33. The number of carbonyl (C=O) groups is 1. The van der Waals surface area contributed by atoms with Crippen molar-refractivity contribution in [3.8, 4) is 11.4 Å². The maximum atomic E-state index is 12.7. The number of ether oxygens (including phenoxy) is 1. The third-order valence-electron chi connectivity index (χ3n) is 6.30. The highest BCUT2D eigenvalue weighted by atomic mass is 32.2. The largest absolute Gasteiger partial charge is 0.435 e. The Morgan fingerprint density at radius 1 is 1.09 bits per heavy atom. The summed E-state index contributed by atoms with van der Waals surface area (Å²) in [7, 11) is 0. The van der Waals surface area contributed by atoms with Crippen molar-refractivity contribution in [1.82, 2.24) is 24.6 Å². The third-order valence-corrected chi connectivity index (χ3v) is 7.21. The molecule has 4 rings (SSSR count). The Labute approximate surface area is 197 Å². The molecule has 180 valence electrons. The van der Waals surface area contributed by atoms with Crippen molar-refractivity contribution in [2.24, 2.45) is 5.92 Å². The Morgan fingerprint density at radius 3 is 2.45 bits per heavy atom. The van der Waals surface area contributed by atoms with E-state index in [-0.39, 0.29) is 11.7 Å². The number of alkyl halides is 2. The van der Waals surface area contributed by atoms with Gasteiger partial charge in [-0.15, -0.1) is 10.2 Å². The highest BCUT2D eigenvalue weighted by molar-refractivity contribution is 7.99. The van der Waals surface area contributed by atoms with Gasteiger partial charge in [-0.05, 0) is 69.0 Å². The maximum absolute atomic E-state index is 12.7. The number of thioether (sulfide) groups is 1. The van der Waals surface area contributed by atoms with E-state index in [1.54, 1.807) is 12.1 Å². The Morgan fingerprint density at radius 2 is 1.79 bits per heavy atom. The van der Waals surface area contributed by atoms with Gasteiger partial charge in [0.25, 0.3) is 0 Å². The fourth-order valence-corrected chi connectivity index (χ4v) is 5.20. The molecule has 0 atom stereocenters. The zero-order chi connectivity index (χ0) is 23.2. The molecular weight excluding hydrogens is 448 g/mol. The molecule has 2 aliphatic rings. The molecule has 0 bridgehead atoms. The minimum atomic E-state index is -2.87. The van der Waals surface area contributed by atoms with Crippen LogP contribution >= 0.6 is 11.8 Å². The molecule has 0 radical (unpaired) electrons. The highest BCUT2D eigenvalue weighted by Crippen LogP contribution is 2.26. The van der Waals surface area contributed by atoms with Crippen LogP contribution in [0.2, 0.25) is 0 Å². The van der Waals surface area contributed by atoms with Gasteiger partial charge in [-0.1, -0.05) is 25.1 Å². The average molecular weight is 480 g/mol. The molecule has 2 aromatic rings. The quantitative estimate of drug-likeness (QED) is 0.529. The van der Waals surface area contributed by atoms with Crippen LogP contribution in [0.5, 0.6) is 5.75 Å². The Balaban J connectivity index is 1.51. The first-order valence-corrected chi connectivity index (χ1v) is 12.6. The summed E-state index contributed by atoms with van der Waals surface area (Å²) in [5.41, 5.74) is 0.760. The van der Waals surface area contributed by atoms with Gasteiger partial charge in [0, 0.05) is 18.8 Å². The first kappa shape index (κ1) is 23.9. The number of nitrogens with zero attached hydrogens (tertiary/aromatic N) is 5. The molecule has 2 saturated heterocycles. The summed E-state index contributed by atoms with van der Waals surface area (Å²) >= 11 is 1.37. The van der Waals surface area contributed by atoms with E-state index < -0.39 is 6.61 Å². The van der Waals surface area contributed by atoms with E-state index in [9.17, 15) is 13.6 Å². The normalized spacial score (nSPS) is 18.1. The highest BCUT2D eigenvalue weighted by Gasteiger charge is 2.23. The number of aromatic nitrogens is 3. The molecule has 10 heteroatoms. The molecule has 1 aromatic heterocycles. The van der Waals surface area contributed by atoms with E-state index in [0.29, 0.717) is 23.4 Å². The Bertz CT molecular complexity index is 910. The van der Waals surface area contributed by atoms with Crippen LogP contribution in [0, 0.1) is 5.92 Å². The molecule has 0 unspecified atom stereocenters. The number of hydrogen-bond acceptors (Lipinski definition) is 6. The number of hydrogen-bond donors (Lipinski definition) is 0. The SMILES string of the molecule is CC1CCN(C(=O)CSc2nnc(CN3CCCCC3)n2-c2ccc(OC(F)F)cc2)CC1. The van der Waals surface area contributed by atoms with Crippen LogP contribution in [0.25, 0.3) is 5.69 Å². The molecule has 7 nitrogen and oxygen atoms in total. The molecular formula is C23H31F2N5O2S. The number of rotatable bonds is 8.